The summed E-state index contributed by atoms with van der Waals surface area (Å²) < 4.78 is 6.50. The Bertz CT molecular complexity index is 616. The Morgan fingerprint density at radius 3 is 2.61 bits per heavy atom. The molecule has 0 aliphatic rings. The number of aromatic nitrogens is 2. The normalized spacial score (nSPS) is 11.7. The summed E-state index contributed by atoms with van der Waals surface area (Å²) in [5, 5.41) is 8.86. The Hall–Kier alpha value is -2.24. The number of H-pyrrole nitrogens is 1. The second kappa shape index (κ2) is 3.90. The molecule has 0 aliphatic carbocycles. The molecule has 0 amide bonds. The zero-order valence-electron chi connectivity index (χ0n) is 10.4. The quantitative estimate of drug-likeness (QED) is 0.814. The minimum absolute atomic E-state index is 0.0397. The molecule has 2 aromatic rings. The van der Waals surface area contributed by atoms with Crippen molar-refractivity contribution < 1.29 is 19.4 Å². The third-order valence-electron chi connectivity index (χ3n) is 2.30. The van der Waals surface area contributed by atoms with E-state index in [1.54, 1.807) is 33.0 Å². The summed E-state index contributed by atoms with van der Waals surface area (Å²) in [6.45, 7) is 5.31. The van der Waals surface area contributed by atoms with Crippen LogP contribution in [-0.4, -0.2) is 32.3 Å². The van der Waals surface area contributed by atoms with Crippen molar-refractivity contribution in [1.29, 1.82) is 0 Å². The number of rotatable bonds is 1. The van der Waals surface area contributed by atoms with Gasteiger partial charge in [-0.15, -0.1) is 0 Å². The zero-order chi connectivity index (χ0) is 13.5. The maximum Gasteiger partial charge on any atom is 0.419 e. The molecule has 6 heteroatoms. The van der Waals surface area contributed by atoms with Gasteiger partial charge in [-0.1, -0.05) is 0 Å². The topological polar surface area (TPSA) is 84.3 Å². The largest absolute Gasteiger partial charge is 0.477 e. The van der Waals surface area contributed by atoms with E-state index in [1.807, 2.05) is 0 Å². The van der Waals surface area contributed by atoms with E-state index in [0.717, 1.165) is 0 Å². The number of fused-ring (bicyclic) bond motifs is 1. The van der Waals surface area contributed by atoms with Crippen LogP contribution in [0.25, 0.3) is 11.0 Å². The lowest BCUT2D eigenvalue weighted by atomic mass is 10.2. The lowest BCUT2D eigenvalue weighted by molar-refractivity contribution is 0.0543. The van der Waals surface area contributed by atoms with Crippen LogP contribution in [0, 0.1) is 0 Å². The molecule has 0 saturated heterocycles. The van der Waals surface area contributed by atoms with E-state index in [0.29, 0.717) is 11.0 Å². The number of ether oxygens (including phenoxy) is 1. The molecule has 6 nitrogen and oxygen atoms in total. The van der Waals surface area contributed by atoms with Crippen LogP contribution in [0.2, 0.25) is 0 Å². The fraction of sp³-hybridized carbons (Fsp3) is 0.333. The van der Waals surface area contributed by atoms with E-state index >= 15 is 0 Å². The Balaban J connectivity index is 2.39. The molecule has 0 aliphatic heterocycles. The smallest absolute Gasteiger partial charge is 0.419 e. The fourth-order valence-electron chi connectivity index (χ4n) is 1.60. The number of aromatic carboxylic acids is 1. The predicted octanol–water partition coefficient (Wildman–Crippen LogP) is 2.45. The van der Waals surface area contributed by atoms with Gasteiger partial charge < -0.3 is 14.8 Å². The number of carboxylic acids is 1. The van der Waals surface area contributed by atoms with Crippen LogP contribution in [0.1, 0.15) is 31.3 Å². The van der Waals surface area contributed by atoms with Crippen molar-refractivity contribution in [2.75, 3.05) is 0 Å². The first-order valence-electron chi connectivity index (χ1n) is 5.44. The molecule has 0 bridgehead atoms. The van der Waals surface area contributed by atoms with Gasteiger partial charge in [0.05, 0.1) is 11.0 Å². The summed E-state index contributed by atoms with van der Waals surface area (Å²) in [6.07, 6.45) is 1.01. The highest BCUT2D eigenvalue weighted by atomic mass is 16.6. The van der Waals surface area contributed by atoms with Crippen molar-refractivity contribution in [1.82, 2.24) is 9.55 Å². The van der Waals surface area contributed by atoms with Crippen LogP contribution in [0.3, 0.4) is 0 Å². The van der Waals surface area contributed by atoms with Gasteiger partial charge >= 0.3 is 12.1 Å². The number of aromatic amines is 1. The Labute approximate surface area is 103 Å². The monoisotopic (exact) mass is 250 g/mol. The molecule has 0 spiro atoms. The highest BCUT2D eigenvalue weighted by Gasteiger charge is 2.20. The number of nitrogens with one attached hydrogen (secondary N) is 1. The molecule has 0 saturated carbocycles. The van der Waals surface area contributed by atoms with Gasteiger partial charge in [0.25, 0.3) is 0 Å². The maximum atomic E-state index is 11.9. The molecule has 2 aromatic heterocycles. The number of carboxylic acid groups (broad SMARTS) is 1. The Kier molecular flexibility index (Phi) is 2.65. The van der Waals surface area contributed by atoms with Crippen LogP contribution in [-0.2, 0) is 4.74 Å². The van der Waals surface area contributed by atoms with Crippen molar-refractivity contribution in [3.63, 3.8) is 0 Å². The molecular formula is C12H14N2O4. The van der Waals surface area contributed by atoms with Crippen molar-refractivity contribution >= 4 is 23.1 Å². The molecule has 0 radical (unpaired) electrons. The van der Waals surface area contributed by atoms with Crippen molar-refractivity contribution in [3.8, 4) is 0 Å². The average molecular weight is 250 g/mol. The summed E-state index contributed by atoms with van der Waals surface area (Å²) in [7, 11) is 0. The van der Waals surface area contributed by atoms with Crippen molar-refractivity contribution in [2.24, 2.45) is 0 Å². The van der Waals surface area contributed by atoms with E-state index in [4.69, 9.17) is 9.84 Å². The second-order valence-corrected chi connectivity index (χ2v) is 4.95. The van der Waals surface area contributed by atoms with Crippen molar-refractivity contribution in [2.45, 2.75) is 26.4 Å². The summed E-state index contributed by atoms with van der Waals surface area (Å²) in [5.74, 6) is -1.07. The summed E-state index contributed by atoms with van der Waals surface area (Å²) in [6, 6.07) is 3.04. The fourth-order valence-corrected chi connectivity index (χ4v) is 1.60. The van der Waals surface area contributed by atoms with Crippen LogP contribution >= 0.6 is 0 Å². The minimum Gasteiger partial charge on any atom is -0.477 e. The third kappa shape index (κ3) is 2.22. The second-order valence-electron chi connectivity index (χ2n) is 4.95. The van der Waals surface area contributed by atoms with Crippen LogP contribution in [0.15, 0.2) is 18.3 Å². The van der Waals surface area contributed by atoms with Crippen LogP contribution in [0.4, 0.5) is 4.79 Å². The van der Waals surface area contributed by atoms with E-state index in [1.165, 1.54) is 10.6 Å². The predicted molar refractivity (Wildman–Crippen MR) is 64.9 cm³/mol. The van der Waals surface area contributed by atoms with Crippen LogP contribution in [0.5, 0.6) is 0 Å². The van der Waals surface area contributed by atoms with Crippen molar-refractivity contribution in [3.05, 3.63) is 24.0 Å². The third-order valence-corrected chi connectivity index (χ3v) is 2.30. The molecule has 0 fully saturated rings. The molecule has 0 atom stereocenters. The van der Waals surface area contributed by atoms with Gasteiger partial charge in [0, 0.05) is 6.20 Å². The summed E-state index contributed by atoms with van der Waals surface area (Å²) >= 11 is 0. The van der Waals surface area contributed by atoms with Gasteiger partial charge in [-0.3, -0.25) is 4.57 Å². The lowest BCUT2D eigenvalue weighted by Crippen LogP contribution is -2.26. The first kappa shape index (κ1) is 12.2. The van der Waals surface area contributed by atoms with E-state index in [-0.39, 0.29) is 5.69 Å². The number of hydrogen-bond acceptors (Lipinski definition) is 3. The van der Waals surface area contributed by atoms with E-state index in [2.05, 4.69) is 4.98 Å². The molecule has 0 aromatic carbocycles. The standard InChI is InChI=1S/C12H14N2O4/c1-12(2,3)18-11(17)14-5-4-7-9(14)6-8(13-7)10(15)16/h4-6,13H,1-3H3,(H,15,16). The Morgan fingerprint density at radius 1 is 1.39 bits per heavy atom. The number of nitrogens with zero attached hydrogens (tertiary/aromatic N) is 1. The number of carbonyl (C=O) groups excluding carboxylic acids is 1. The minimum atomic E-state index is -1.07. The first-order chi connectivity index (χ1) is 8.28. The zero-order valence-corrected chi connectivity index (χ0v) is 10.4. The molecule has 2 rings (SSSR count). The maximum absolute atomic E-state index is 11.9. The summed E-state index contributed by atoms with van der Waals surface area (Å²) in [4.78, 5) is 25.4. The van der Waals surface area contributed by atoms with E-state index in [9.17, 15) is 9.59 Å². The highest BCUT2D eigenvalue weighted by Crippen LogP contribution is 2.19. The van der Waals surface area contributed by atoms with Gasteiger partial charge in [-0.25, -0.2) is 9.59 Å². The number of hydrogen-bond donors (Lipinski definition) is 2. The summed E-state index contributed by atoms with van der Waals surface area (Å²) in [5.41, 5.74) is 0.511. The highest BCUT2D eigenvalue weighted by molar-refractivity contribution is 5.95. The molecule has 2 N–H and O–H groups in total. The molecule has 18 heavy (non-hydrogen) atoms. The SMILES string of the molecule is CC(C)(C)OC(=O)n1ccc2[nH]c(C(=O)O)cc21. The molecule has 2 heterocycles. The average Bonchev–Trinajstić information content (AvgIpc) is 2.71. The van der Waals surface area contributed by atoms with Gasteiger partial charge in [0.15, 0.2) is 0 Å². The van der Waals surface area contributed by atoms with Gasteiger partial charge in [0.1, 0.15) is 11.3 Å². The Morgan fingerprint density at radius 2 is 2.06 bits per heavy atom. The van der Waals surface area contributed by atoms with Gasteiger partial charge in [0.2, 0.25) is 0 Å². The number of carbonyl (C=O) groups is 2. The molecule has 0 unspecified atom stereocenters. The lowest BCUT2D eigenvalue weighted by Gasteiger charge is -2.19. The van der Waals surface area contributed by atoms with Crippen LogP contribution < -0.4 is 0 Å². The van der Waals surface area contributed by atoms with E-state index < -0.39 is 17.7 Å². The van der Waals surface area contributed by atoms with Gasteiger partial charge in [-0.2, -0.15) is 0 Å². The first-order valence-corrected chi connectivity index (χ1v) is 5.44. The van der Waals surface area contributed by atoms with Gasteiger partial charge in [-0.05, 0) is 32.9 Å². The molecule has 96 valence electrons. The molecular weight excluding hydrogens is 236 g/mol.